The summed E-state index contributed by atoms with van der Waals surface area (Å²) in [7, 11) is 1.41. The maximum atomic E-state index is 12.0. The van der Waals surface area contributed by atoms with Crippen molar-refractivity contribution < 1.29 is 39.1 Å². The molecule has 2 fully saturated rings. The van der Waals surface area contributed by atoms with Crippen LogP contribution in [0.4, 0.5) is 0 Å². The molecule has 2 aliphatic rings. The first kappa shape index (κ1) is 17.2. The molecule has 1 aliphatic carbocycles. The number of methoxy groups -OCH3 is 1. The summed E-state index contributed by atoms with van der Waals surface area (Å²) in [4.78, 5) is 23.5. The van der Waals surface area contributed by atoms with Crippen LogP contribution >= 0.6 is 0 Å². The molecule has 0 radical (unpaired) electrons. The van der Waals surface area contributed by atoms with E-state index in [1.54, 1.807) is 6.07 Å². The predicted octanol–water partition coefficient (Wildman–Crippen LogP) is 0.137. The molecule has 1 saturated carbocycles. The summed E-state index contributed by atoms with van der Waals surface area (Å²) in [6, 6.07) is 4.53. The molecule has 1 aromatic rings. The fourth-order valence-electron chi connectivity index (χ4n) is 3.02. The minimum absolute atomic E-state index is 0.00973. The molecule has 2 bridgehead atoms. The van der Waals surface area contributed by atoms with Crippen molar-refractivity contribution >= 4 is 18.0 Å². The molecule has 25 heavy (non-hydrogen) atoms. The molecule has 8 nitrogen and oxygen atoms in total. The fraction of sp³-hybridized carbons (Fsp3) is 0.412. The Kier molecular flexibility index (Phi) is 4.40. The first-order valence-corrected chi connectivity index (χ1v) is 7.69. The van der Waals surface area contributed by atoms with Crippen molar-refractivity contribution in [2.45, 2.75) is 36.8 Å². The molecule has 8 heteroatoms. The van der Waals surface area contributed by atoms with Gasteiger partial charge in [0, 0.05) is 18.9 Å². The van der Waals surface area contributed by atoms with E-state index < -0.39 is 35.9 Å². The molecule has 0 aromatic heterocycles. The van der Waals surface area contributed by atoms with Gasteiger partial charge in [-0.25, -0.2) is 9.59 Å². The summed E-state index contributed by atoms with van der Waals surface area (Å²) in [5, 5.41) is 29.8. The zero-order valence-electron chi connectivity index (χ0n) is 13.4. The third kappa shape index (κ3) is 3.31. The molecule has 3 rings (SSSR count). The van der Waals surface area contributed by atoms with Crippen LogP contribution in [0.2, 0.25) is 0 Å². The van der Waals surface area contributed by atoms with Crippen molar-refractivity contribution in [2.75, 3.05) is 7.11 Å². The van der Waals surface area contributed by atoms with Crippen molar-refractivity contribution in [3.8, 4) is 11.5 Å². The van der Waals surface area contributed by atoms with Gasteiger partial charge in [-0.05, 0) is 23.8 Å². The van der Waals surface area contributed by atoms with E-state index in [1.165, 1.54) is 25.3 Å². The number of aliphatic hydroxyl groups is 2. The van der Waals surface area contributed by atoms with E-state index in [0.717, 1.165) is 6.08 Å². The Hall–Kier alpha value is -2.58. The second kappa shape index (κ2) is 6.38. The number of ether oxygens (including phenoxy) is 3. The van der Waals surface area contributed by atoms with E-state index in [9.17, 15) is 24.9 Å². The van der Waals surface area contributed by atoms with E-state index in [2.05, 4.69) is 0 Å². The van der Waals surface area contributed by atoms with Crippen LogP contribution in [0, 0.1) is 0 Å². The van der Waals surface area contributed by atoms with Gasteiger partial charge >= 0.3 is 11.9 Å². The summed E-state index contributed by atoms with van der Waals surface area (Å²) in [5.74, 6) is -1.32. The highest BCUT2D eigenvalue weighted by molar-refractivity contribution is 5.87. The van der Waals surface area contributed by atoms with Crippen LogP contribution in [0.25, 0.3) is 6.08 Å². The number of hydrogen-bond acceptors (Lipinski definition) is 8. The number of aliphatic hydroxyl groups excluding tert-OH is 1. The summed E-state index contributed by atoms with van der Waals surface area (Å²) < 4.78 is 15.0. The molecule has 0 spiro atoms. The van der Waals surface area contributed by atoms with Gasteiger partial charge in [-0.3, -0.25) is 0 Å². The number of phenolic OH excluding ortho intramolecular Hbond substituents is 1. The summed E-state index contributed by atoms with van der Waals surface area (Å²) in [5.41, 5.74) is -1.13. The monoisotopic (exact) mass is 350 g/mol. The Morgan fingerprint density at radius 3 is 2.88 bits per heavy atom. The van der Waals surface area contributed by atoms with E-state index in [4.69, 9.17) is 14.2 Å². The van der Waals surface area contributed by atoms with Crippen LogP contribution in [-0.4, -0.2) is 58.3 Å². The third-order valence-corrected chi connectivity index (χ3v) is 4.36. The van der Waals surface area contributed by atoms with Crippen molar-refractivity contribution in [2.24, 2.45) is 0 Å². The van der Waals surface area contributed by atoms with Crippen molar-refractivity contribution in [1.29, 1.82) is 0 Å². The normalized spacial score (nSPS) is 31.0. The Bertz CT molecular complexity index is 727. The van der Waals surface area contributed by atoms with Crippen LogP contribution in [0.5, 0.6) is 11.5 Å². The number of esters is 2. The lowest BCUT2D eigenvalue weighted by atomic mass is 9.82. The third-order valence-electron chi connectivity index (χ3n) is 4.36. The molecule has 1 aliphatic heterocycles. The highest BCUT2D eigenvalue weighted by Crippen LogP contribution is 2.39. The summed E-state index contributed by atoms with van der Waals surface area (Å²) in [6.45, 7) is 0. The standard InChI is InChI=1S/C17H18O8/c1-23-11-6-9(2-4-10(11)18)3-5-14(19)24-12-7-17(22)8-13(15(12)20)25-16(17)21/h2-6,12-13,15,18,20,22H,7-8H2,1H3/b5-3+/t12-,13-,15-,17-/m0/s1. The van der Waals surface area contributed by atoms with E-state index in [0.29, 0.717) is 5.56 Å². The molecule has 1 heterocycles. The first-order chi connectivity index (χ1) is 11.8. The fourth-order valence-corrected chi connectivity index (χ4v) is 3.02. The van der Waals surface area contributed by atoms with Gasteiger partial charge in [0.2, 0.25) is 0 Å². The molecule has 0 unspecified atom stereocenters. The zero-order chi connectivity index (χ0) is 18.2. The van der Waals surface area contributed by atoms with Crippen LogP contribution < -0.4 is 4.74 Å². The maximum Gasteiger partial charge on any atom is 0.338 e. The molecular weight excluding hydrogens is 332 g/mol. The Morgan fingerprint density at radius 1 is 1.40 bits per heavy atom. The Balaban J connectivity index is 1.65. The second-order valence-electron chi connectivity index (χ2n) is 6.11. The van der Waals surface area contributed by atoms with Crippen LogP contribution in [0.1, 0.15) is 18.4 Å². The average molecular weight is 350 g/mol. The molecule has 1 saturated heterocycles. The number of carbonyl (C=O) groups is 2. The highest BCUT2D eigenvalue weighted by atomic mass is 16.6. The van der Waals surface area contributed by atoms with Gasteiger partial charge in [-0.1, -0.05) is 6.07 Å². The SMILES string of the molecule is COc1cc(/C=C/C(=O)O[C@H]2C[C@]3(O)C[C@H](OC3=O)[C@H]2O)ccc1O. The van der Waals surface area contributed by atoms with E-state index in [-0.39, 0.29) is 24.3 Å². The minimum Gasteiger partial charge on any atom is -0.504 e. The Labute approximate surface area is 143 Å². The van der Waals surface area contributed by atoms with Gasteiger partial charge in [-0.2, -0.15) is 0 Å². The number of phenols is 1. The zero-order valence-corrected chi connectivity index (χ0v) is 13.4. The second-order valence-corrected chi connectivity index (χ2v) is 6.11. The van der Waals surface area contributed by atoms with Crippen molar-refractivity contribution in [3.05, 3.63) is 29.8 Å². The van der Waals surface area contributed by atoms with E-state index >= 15 is 0 Å². The smallest absolute Gasteiger partial charge is 0.338 e. The highest BCUT2D eigenvalue weighted by Gasteiger charge is 2.58. The van der Waals surface area contributed by atoms with Crippen molar-refractivity contribution in [1.82, 2.24) is 0 Å². The molecule has 0 amide bonds. The van der Waals surface area contributed by atoms with Gasteiger partial charge in [0.25, 0.3) is 0 Å². The maximum absolute atomic E-state index is 12.0. The largest absolute Gasteiger partial charge is 0.504 e. The average Bonchev–Trinajstić information content (AvgIpc) is 2.83. The molecule has 3 N–H and O–H groups in total. The summed E-state index contributed by atoms with van der Waals surface area (Å²) >= 11 is 0. The van der Waals surface area contributed by atoms with Gasteiger partial charge in [0.15, 0.2) is 17.1 Å². The quantitative estimate of drug-likeness (QED) is 0.518. The molecule has 134 valence electrons. The molecule has 1 aromatic carbocycles. The number of aromatic hydroxyl groups is 1. The number of carbonyl (C=O) groups excluding carboxylic acids is 2. The predicted molar refractivity (Wildman–Crippen MR) is 83.6 cm³/mol. The first-order valence-electron chi connectivity index (χ1n) is 7.69. The van der Waals surface area contributed by atoms with Crippen LogP contribution in [0.15, 0.2) is 24.3 Å². The van der Waals surface area contributed by atoms with Crippen LogP contribution in [0.3, 0.4) is 0 Å². The number of rotatable bonds is 4. The lowest BCUT2D eigenvalue weighted by Crippen LogP contribution is -2.50. The van der Waals surface area contributed by atoms with Crippen molar-refractivity contribution in [3.63, 3.8) is 0 Å². The van der Waals surface area contributed by atoms with Gasteiger partial charge in [0.05, 0.1) is 7.11 Å². The topological polar surface area (TPSA) is 123 Å². The Morgan fingerprint density at radius 2 is 2.16 bits per heavy atom. The van der Waals surface area contributed by atoms with Gasteiger partial charge in [-0.15, -0.1) is 0 Å². The number of benzene rings is 1. The number of fused-ring (bicyclic) bond motifs is 2. The molecule has 4 atom stereocenters. The number of hydrogen-bond donors (Lipinski definition) is 3. The van der Waals surface area contributed by atoms with E-state index in [1.807, 2.05) is 0 Å². The minimum atomic E-state index is -1.72. The lowest BCUT2D eigenvalue weighted by Gasteiger charge is -2.32. The molecular formula is C17H18O8. The van der Waals surface area contributed by atoms with Crippen LogP contribution in [-0.2, 0) is 19.1 Å². The summed E-state index contributed by atoms with van der Waals surface area (Å²) in [6.07, 6.45) is -0.735. The van der Waals surface area contributed by atoms with Gasteiger partial charge in [0.1, 0.15) is 18.3 Å². The van der Waals surface area contributed by atoms with Gasteiger partial charge < -0.3 is 29.5 Å². The lowest BCUT2D eigenvalue weighted by molar-refractivity contribution is -0.162.